The number of hydrogen-bond acceptors (Lipinski definition) is 4. The normalized spacial score (nSPS) is 11.6. The average molecular weight is 711 g/mol. The highest BCUT2D eigenvalue weighted by molar-refractivity contribution is 6.26. The third-order valence-electron chi connectivity index (χ3n) is 11.0. The van der Waals surface area contributed by atoms with Crippen LogP contribution in [0.1, 0.15) is 5.56 Å². The van der Waals surface area contributed by atoms with Crippen LogP contribution in [-0.2, 0) is 0 Å². The highest BCUT2D eigenvalue weighted by atomic mass is 14.8. The molecule has 0 saturated carbocycles. The van der Waals surface area contributed by atoms with Gasteiger partial charge in [-0.05, 0) is 67.7 Å². The van der Waals surface area contributed by atoms with Gasteiger partial charge in [-0.15, -0.1) is 0 Å². The number of fused-ring (bicyclic) bond motifs is 11. The van der Waals surface area contributed by atoms with Crippen LogP contribution in [-0.4, -0.2) is 15.0 Å². The minimum Gasteiger partial charge on any atom is -0.247 e. The highest BCUT2D eigenvalue weighted by Gasteiger charge is 2.22. The van der Waals surface area contributed by atoms with Gasteiger partial charge in [-0.25, -0.2) is 15.0 Å². The first-order valence-electron chi connectivity index (χ1n) is 18.8. The molecule has 2 aromatic heterocycles. The van der Waals surface area contributed by atoms with Crippen molar-refractivity contribution in [1.82, 2.24) is 15.0 Å². The monoisotopic (exact) mass is 710 g/mol. The SMILES string of the molecule is N#Cc1cc2nc(-c3ccccc3)c(-c3ccccc3)nc2c2c(-c3cccc(-c4ccc5c6ccccc6c6ccccc6c5c4)c3)nc3ccccc3c12. The number of aromatic nitrogens is 3. The van der Waals surface area contributed by atoms with Crippen LogP contribution in [0.4, 0.5) is 0 Å². The summed E-state index contributed by atoms with van der Waals surface area (Å²) in [5.41, 5.74) is 10.1. The van der Waals surface area contributed by atoms with Gasteiger partial charge in [-0.3, -0.25) is 0 Å². The zero-order valence-electron chi connectivity index (χ0n) is 30.1. The molecule has 9 aromatic carbocycles. The number of benzene rings is 9. The van der Waals surface area contributed by atoms with Gasteiger partial charge in [0.05, 0.1) is 45.3 Å². The number of hydrogen-bond donors (Lipinski definition) is 0. The lowest BCUT2D eigenvalue weighted by Crippen LogP contribution is -2.00. The summed E-state index contributed by atoms with van der Waals surface area (Å²) >= 11 is 0. The van der Waals surface area contributed by atoms with E-state index in [1.54, 1.807) is 0 Å². The zero-order valence-corrected chi connectivity index (χ0v) is 30.1. The molecule has 11 rings (SSSR count). The fourth-order valence-electron chi connectivity index (χ4n) is 8.49. The van der Waals surface area contributed by atoms with Gasteiger partial charge in [0, 0.05) is 32.8 Å². The Balaban J connectivity index is 1.20. The van der Waals surface area contributed by atoms with Gasteiger partial charge in [0.15, 0.2) is 0 Å². The van der Waals surface area contributed by atoms with E-state index in [9.17, 15) is 5.26 Å². The van der Waals surface area contributed by atoms with E-state index in [0.29, 0.717) is 16.6 Å². The van der Waals surface area contributed by atoms with Crippen molar-refractivity contribution in [2.75, 3.05) is 0 Å². The molecule has 0 aliphatic carbocycles. The fraction of sp³-hybridized carbons (Fsp3) is 0. The Morgan fingerprint density at radius 3 is 1.48 bits per heavy atom. The Labute approximate surface area is 322 Å². The molecule has 2 heterocycles. The topological polar surface area (TPSA) is 62.5 Å². The molecule has 0 fully saturated rings. The highest BCUT2D eigenvalue weighted by Crippen LogP contribution is 2.42. The van der Waals surface area contributed by atoms with Crippen LogP contribution in [0, 0.1) is 11.3 Å². The number of rotatable bonds is 4. The standard InChI is InChI=1S/C52H30N4/c53-31-37-30-46-52(56-51(33-16-5-2-6-17-33)50(55-46)32-14-3-1-4-15-32)48-47(37)43-24-11-12-25-45(43)54-49(48)36-19-13-18-34(28-36)35-26-27-42-40-22-8-7-20-38(40)39-21-9-10-23-41(39)44(42)29-35/h1-30H. The molecule has 0 N–H and O–H groups in total. The number of nitrogens with zero attached hydrogens (tertiary/aromatic N) is 4. The molecule has 0 aliphatic rings. The van der Waals surface area contributed by atoms with E-state index in [1.165, 1.54) is 32.3 Å². The Bertz CT molecular complexity index is 3390. The Hall–Kier alpha value is -7.74. The summed E-state index contributed by atoms with van der Waals surface area (Å²) in [4.78, 5) is 16.1. The summed E-state index contributed by atoms with van der Waals surface area (Å²) in [5.74, 6) is 0. The first-order valence-corrected chi connectivity index (χ1v) is 18.8. The van der Waals surface area contributed by atoms with Crippen molar-refractivity contribution in [2.24, 2.45) is 0 Å². The zero-order chi connectivity index (χ0) is 37.2. The minimum absolute atomic E-state index is 0.540. The van der Waals surface area contributed by atoms with Gasteiger partial charge in [0.1, 0.15) is 0 Å². The lowest BCUT2D eigenvalue weighted by Gasteiger charge is -2.17. The quantitative estimate of drug-likeness (QED) is 0.171. The van der Waals surface area contributed by atoms with E-state index >= 15 is 0 Å². The van der Waals surface area contributed by atoms with Crippen LogP contribution in [0.15, 0.2) is 182 Å². The fourth-order valence-corrected chi connectivity index (χ4v) is 8.49. The molecule has 0 unspecified atom stereocenters. The largest absolute Gasteiger partial charge is 0.247 e. The number of nitriles is 1. The molecule has 4 nitrogen and oxygen atoms in total. The van der Waals surface area contributed by atoms with E-state index in [0.717, 1.165) is 66.6 Å². The van der Waals surface area contributed by atoms with Gasteiger partial charge in [-0.2, -0.15) is 5.26 Å². The van der Waals surface area contributed by atoms with Crippen LogP contribution >= 0.6 is 0 Å². The third kappa shape index (κ3) is 4.96. The second kappa shape index (κ2) is 12.7. The lowest BCUT2D eigenvalue weighted by atomic mass is 9.91. The summed E-state index contributed by atoms with van der Waals surface area (Å²) in [6.45, 7) is 0. The second-order valence-electron chi connectivity index (χ2n) is 14.2. The van der Waals surface area contributed by atoms with Crippen molar-refractivity contribution in [1.29, 1.82) is 5.26 Å². The van der Waals surface area contributed by atoms with E-state index in [4.69, 9.17) is 15.0 Å². The van der Waals surface area contributed by atoms with Crippen LogP contribution in [0.2, 0.25) is 0 Å². The van der Waals surface area contributed by atoms with Crippen LogP contribution in [0.3, 0.4) is 0 Å². The average Bonchev–Trinajstić information content (AvgIpc) is 3.28. The first-order chi connectivity index (χ1) is 27.7. The second-order valence-corrected chi connectivity index (χ2v) is 14.2. The van der Waals surface area contributed by atoms with Crippen molar-refractivity contribution in [3.63, 3.8) is 0 Å². The molecule has 0 spiro atoms. The Morgan fingerprint density at radius 1 is 0.321 bits per heavy atom. The molecule has 0 atom stereocenters. The van der Waals surface area contributed by atoms with E-state index in [2.05, 4.69) is 121 Å². The van der Waals surface area contributed by atoms with Crippen LogP contribution in [0.25, 0.3) is 110 Å². The molecular weight excluding hydrogens is 681 g/mol. The van der Waals surface area contributed by atoms with Crippen LogP contribution < -0.4 is 0 Å². The number of pyridine rings is 1. The van der Waals surface area contributed by atoms with E-state index in [1.807, 2.05) is 66.7 Å². The summed E-state index contributed by atoms with van der Waals surface area (Å²) in [6, 6.07) is 65.5. The Morgan fingerprint density at radius 2 is 0.821 bits per heavy atom. The van der Waals surface area contributed by atoms with Crippen molar-refractivity contribution in [3.8, 4) is 51.0 Å². The van der Waals surface area contributed by atoms with Gasteiger partial charge in [-0.1, -0.05) is 158 Å². The van der Waals surface area contributed by atoms with Gasteiger partial charge in [0.2, 0.25) is 0 Å². The van der Waals surface area contributed by atoms with Crippen molar-refractivity contribution in [2.45, 2.75) is 0 Å². The summed E-state index contributed by atoms with van der Waals surface area (Å²) in [7, 11) is 0. The van der Waals surface area contributed by atoms with Crippen molar-refractivity contribution < 1.29 is 0 Å². The maximum Gasteiger partial charge on any atom is 0.0999 e. The molecule has 0 amide bonds. The molecule has 11 aromatic rings. The molecule has 4 heteroatoms. The molecule has 0 aliphatic heterocycles. The molecule has 258 valence electrons. The van der Waals surface area contributed by atoms with Gasteiger partial charge in [0.25, 0.3) is 0 Å². The summed E-state index contributed by atoms with van der Waals surface area (Å²) in [5, 5.41) is 20.7. The van der Waals surface area contributed by atoms with E-state index in [-0.39, 0.29) is 0 Å². The predicted octanol–water partition coefficient (Wildman–Crippen LogP) is 13.3. The van der Waals surface area contributed by atoms with Crippen LogP contribution in [0.5, 0.6) is 0 Å². The smallest absolute Gasteiger partial charge is 0.0999 e. The Kier molecular flexibility index (Phi) is 7.20. The van der Waals surface area contributed by atoms with Crippen molar-refractivity contribution >= 4 is 65.0 Å². The lowest BCUT2D eigenvalue weighted by molar-refractivity contribution is 1.29. The molecule has 0 radical (unpaired) electrons. The molecule has 56 heavy (non-hydrogen) atoms. The first kappa shape index (κ1) is 31.8. The predicted molar refractivity (Wildman–Crippen MR) is 231 cm³/mol. The maximum absolute atomic E-state index is 10.7. The van der Waals surface area contributed by atoms with Gasteiger partial charge < -0.3 is 0 Å². The molecular formula is C52H30N4. The minimum atomic E-state index is 0.540. The summed E-state index contributed by atoms with van der Waals surface area (Å²) < 4.78 is 0. The van der Waals surface area contributed by atoms with Gasteiger partial charge >= 0.3 is 0 Å². The molecule has 0 saturated heterocycles. The maximum atomic E-state index is 10.7. The van der Waals surface area contributed by atoms with Crippen molar-refractivity contribution in [3.05, 3.63) is 188 Å². The molecule has 0 bridgehead atoms. The number of para-hydroxylation sites is 1. The third-order valence-corrected chi connectivity index (χ3v) is 11.0. The van der Waals surface area contributed by atoms with E-state index < -0.39 is 0 Å². The summed E-state index contributed by atoms with van der Waals surface area (Å²) in [6.07, 6.45) is 0.